The zero-order valence-corrected chi connectivity index (χ0v) is 14.4. The number of aromatic nitrogens is 1. The van der Waals surface area contributed by atoms with Crippen molar-refractivity contribution >= 4 is 17.2 Å². The van der Waals surface area contributed by atoms with E-state index in [1.54, 1.807) is 4.57 Å². The third-order valence-electron chi connectivity index (χ3n) is 3.88. The molecule has 0 saturated carbocycles. The maximum Gasteiger partial charge on any atom is 0.307 e. The van der Waals surface area contributed by atoms with E-state index in [1.807, 2.05) is 38.1 Å². The van der Waals surface area contributed by atoms with Crippen LogP contribution in [0.4, 0.5) is 0 Å². The van der Waals surface area contributed by atoms with Crippen LogP contribution >= 0.6 is 11.3 Å². The first-order valence-corrected chi connectivity index (χ1v) is 8.54. The fraction of sp³-hybridized carbons (Fsp3) is 0.412. The molecule has 23 heavy (non-hydrogen) atoms. The first-order valence-electron chi connectivity index (χ1n) is 7.72. The van der Waals surface area contributed by atoms with E-state index < -0.39 is 0 Å². The molecule has 0 radical (unpaired) electrons. The Bertz CT molecular complexity index is 716. The van der Waals surface area contributed by atoms with Crippen molar-refractivity contribution in [3.05, 3.63) is 55.6 Å². The van der Waals surface area contributed by atoms with Crippen LogP contribution < -0.4 is 15.9 Å². The van der Waals surface area contributed by atoms with Crippen LogP contribution in [0.2, 0.25) is 0 Å². The second-order valence-electron chi connectivity index (χ2n) is 5.54. The number of aryl methyl sites for hydroxylation is 1. The minimum absolute atomic E-state index is 0.00305. The number of nitrogens with zero attached hydrogens (tertiary/aromatic N) is 1. The molecule has 1 aromatic carbocycles. The number of hydrogen-bond donors (Lipinski definition) is 2. The van der Waals surface area contributed by atoms with Gasteiger partial charge in [0.15, 0.2) is 0 Å². The third-order valence-corrected chi connectivity index (χ3v) is 4.88. The molecule has 1 heterocycles. The lowest BCUT2D eigenvalue weighted by Gasteiger charge is -2.08. The largest absolute Gasteiger partial charge is 0.352 e. The number of carbonyl (C=O) groups is 1. The molecule has 2 aromatic rings. The lowest BCUT2D eigenvalue weighted by Crippen LogP contribution is -2.26. The van der Waals surface area contributed by atoms with Crippen LogP contribution in [0, 0.1) is 13.8 Å². The Kier molecular flexibility index (Phi) is 6.12. The summed E-state index contributed by atoms with van der Waals surface area (Å²) >= 11 is 1.23. The average Bonchev–Trinajstić information content (AvgIpc) is 2.78. The van der Waals surface area contributed by atoms with E-state index in [2.05, 4.69) is 5.32 Å². The molecule has 0 aliphatic heterocycles. The van der Waals surface area contributed by atoms with Crippen LogP contribution in [-0.2, 0) is 24.3 Å². The number of thiazole rings is 1. The molecule has 6 heteroatoms. The molecule has 1 amide bonds. The van der Waals surface area contributed by atoms with Gasteiger partial charge in [0, 0.05) is 30.1 Å². The quantitative estimate of drug-likeness (QED) is 0.810. The molecule has 0 spiro atoms. The zero-order chi connectivity index (χ0) is 16.8. The van der Waals surface area contributed by atoms with Crippen molar-refractivity contribution in [3.8, 4) is 0 Å². The summed E-state index contributed by atoms with van der Waals surface area (Å²) in [6, 6.07) is 8.07. The number of amides is 1. The molecule has 0 fully saturated rings. The van der Waals surface area contributed by atoms with Gasteiger partial charge in [-0.2, -0.15) is 0 Å². The van der Waals surface area contributed by atoms with Crippen molar-refractivity contribution in [1.29, 1.82) is 0 Å². The number of nitrogens with two attached hydrogens (primary N) is 1. The van der Waals surface area contributed by atoms with Gasteiger partial charge in [-0.3, -0.25) is 9.59 Å². The van der Waals surface area contributed by atoms with Gasteiger partial charge in [-0.25, -0.2) is 0 Å². The molecule has 3 N–H and O–H groups in total. The summed E-state index contributed by atoms with van der Waals surface area (Å²) < 4.78 is 1.67. The number of rotatable bonds is 7. The predicted octanol–water partition coefficient (Wildman–Crippen LogP) is 1.73. The Morgan fingerprint density at radius 1 is 1.22 bits per heavy atom. The van der Waals surface area contributed by atoms with Gasteiger partial charge in [0.2, 0.25) is 5.91 Å². The fourth-order valence-corrected chi connectivity index (χ4v) is 3.20. The molecule has 5 nitrogen and oxygen atoms in total. The summed E-state index contributed by atoms with van der Waals surface area (Å²) in [4.78, 5) is 24.7. The van der Waals surface area contributed by atoms with E-state index in [0.29, 0.717) is 26.1 Å². The standard InChI is InChI=1S/C17H23N3O2S/c1-12-13(2)23-17(22)20(12)10-8-16(21)19-11-15-5-3-14(4-6-15)7-9-18/h3-6H,7-11,18H2,1-2H3,(H,19,21). The lowest BCUT2D eigenvalue weighted by atomic mass is 10.1. The Balaban J connectivity index is 1.82. The van der Waals surface area contributed by atoms with Crippen LogP contribution in [-0.4, -0.2) is 17.0 Å². The van der Waals surface area contributed by atoms with E-state index >= 15 is 0 Å². The van der Waals surface area contributed by atoms with Crippen LogP contribution in [0.5, 0.6) is 0 Å². The van der Waals surface area contributed by atoms with Crippen molar-refractivity contribution < 1.29 is 4.79 Å². The summed E-state index contributed by atoms with van der Waals surface area (Å²) in [6.07, 6.45) is 1.17. The fourth-order valence-electron chi connectivity index (χ4n) is 2.34. The van der Waals surface area contributed by atoms with Crippen LogP contribution in [0.1, 0.15) is 28.1 Å². The van der Waals surface area contributed by atoms with Gasteiger partial charge < -0.3 is 15.6 Å². The van der Waals surface area contributed by atoms with Crippen molar-refractivity contribution in [1.82, 2.24) is 9.88 Å². The third kappa shape index (κ3) is 4.77. The Labute approximate surface area is 140 Å². The molecular formula is C17H23N3O2S. The van der Waals surface area contributed by atoms with E-state index in [1.165, 1.54) is 16.9 Å². The highest BCUT2D eigenvalue weighted by molar-refractivity contribution is 7.09. The van der Waals surface area contributed by atoms with Gasteiger partial charge in [-0.15, -0.1) is 0 Å². The molecule has 0 saturated heterocycles. The van der Waals surface area contributed by atoms with E-state index in [0.717, 1.165) is 22.6 Å². The lowest BCUT2D eigenvalue weighted by molar-refractivity contribution is -0.121. The highest BCUT2D eigenvalue weighted by Gasteiger charge is 2.09. The summed E-state index contributed by atoms with van der Waals surface area (Å²) in [7, 11) is 0. The molecule has 124 valence electrons. The summed E-state index contributed by atoms with van der Waals surface area (Å²) in [5.74, 6) is -0.0498. The Morgan fingerprint density at radius 3 is 2.43 bits per heavy atom. The van der Waals surface area contributed by atoms with Crippen molar-refractivity contribution in [2.24, 2.45) is 5.73 Å². The molecule has 0 bridgehead atoms. The molecule has 0 atom stereocenters. The Hall–Kier alpha value is -1.92. The van der Waals surface area contributed by atoms with Gasteiger partial charge in [-0.05, 0) is 37.9 Å². The highest BCUT2D eigenvalue weighted by atomic mass is 32.1. The summed E-state index contributed by atoms with van der Waals surface area (Å²) in [6.45, 7) is 5.39. The zero-order valence-electron chi connectivity index (χ0n) is 13.6. The SMILES string of the molecule is Cc1sc(=O)n(CCC(=O)NCc2ccc(CCN)cc2)c1C. The van der Waals surface area contributed by atoms with Crippen LogP contribution in [0.3, 0.4) is 0 Å². The topological polar surface area (TPSA) is 77.1 Å². The number of nitrogens with one attached hydrogen (secondary N) is 1. The van der Waals surface area contributed by atoms with Crippen LogP contribution in [0.15, 0.2) is 29.1 Å². The maximum atomic E-state index is 11.9. The number of carbonyl (C=O) groups excluding carboxylic acids is 1. The van der Waals surface area contributed by atoms with Crippen LogP contribution in [0.25, 0.3) is 0 Å². The maximum absolute atomic E-state index is 11.9. The molecule has 0 aliphatic rings. The highest BCUT2D eigenvalue weighted by Crippen LogP contribution is 2.10. The van der Waals surface area contributed by atoms with Gasteiger partial charge >= 0.3 is 4.87 Å². The number of benzene rings is 1. The molecule has 2 rings (SSSR count). The van der Waals surface area contributed by atoms with Gasteiger partial charge in [-0.1, -0.05) is 35.6 Å². The van der Waals surface area contributed by atoms with Crippen molar-refractivity contribution in [2.75, 3.05) is 6.54 Å². The first-order chi connectivity index (χ1) is 11.0. The second-order valence-corrected chi connectivity index (χ2v) is 6.71. The summed E-state index contributed by atoms with van der Waals surface area (Å²) in [5, 5.41) is 2.89. The predicted molar refractivity (Wildman–Crippen MR) is 93.7 cm³/mol. The van der Waals surface area contributed by atoms with E-state index in [-0.39, 0.29) is 10.8 Å². The minimum atomic E-state index is -0.0498. The minimum Gasteiger partial charge on any atom is -0.352 e. The molecule has 0 aliphatic carbocycles. The van der Waals surface area contributed by atoms with Gasteiger partial charge in [0.1, 0.15) is 0 Å². The van der Waals surface area contributed by atoms with Gasteiger partial charge in [0.05, 0.1) is 0 Å². The molecular weight excluding hydrogens is 310 g/mol. The first kappa shape index (κ1) is 17.4. The number of hydrogen-bond acceptors (Lipinski definition) is 4. The smallest absolute Gasteiger partial charge is 0.307 e. The average molecular weight is 333 g/mol. The van der Waals surface area contributed by atoms with Crippen molar-refractivity contribution in [3.63, 3.8) is 0 Å². The molecule has 0 unspecified atom stereocenters. The summed E-state index contributed by atoms with van der Waals surface area (Å²) in [5.41, 5.74) is 8.72. The normalized spacial score (nSPS) is 10.7. The molecule has 1 aromatic heterocycles. The van der Waals surface area contributed by atoms with E-state index in [9.17, 15) is 9.59 Å². The second kappa shape index (κ2) is 8.08. The van der Waals surface area contributed by atoms with Gasteiger partial charge in [0.25, 0.3) is 0 Å². The van der Waals surface area contributed by atoms with E-state index in [4.69, 9.17) is 5.73 Å². The monoisotopic (exact) mass is 333 g/mol. The van der Waals surface area contributed by atoms with Crippen molar-refractivity contribution in [2.45, 2.75) is 39.8 Å². The Morgan fingerprint density at radius 2 is 1.87 bits per heavy atom.